The number of aryl methyl sites for hydroxylation is 1. The fourth-order valence-corrected chi connectivity index (χ4v) is 4.96. The minimum Gasteiger partial charge on any atom is -0.351 e. The summed E-state index contributed by atoms with van der Waals surface area (Å²) in [5.74, 6) is 1.73. The van der Waals surface area contributed by atoms with Crippen LogP contribution in [-0.4, -0.2) is 60.0 Å². The van der Waals surface area contributed by atoms with Crippen molar-refractivity contribution in [1.82, 2.24) is 34.3 Å². The second-order valence-electron chi connectivity index (χ2n) is 9.45. The smallest absolute Gasteiger partial charge is 0.225 e. The van der Waals surface area contributed by atoms with Crippen LogP contribution in [-0.2, 0) is 13.5 Å². The summed E-state index contributed by atoms with van der Waals surface area (Å²) < 4.78 is 3.80. The molecular weight excluding hydrogens is 450 g/mol. The summed E-state index contributed by atoms with van der Waals surface area (Å²) in [6, 6.07) is 12.8. The van der Waals surface area contributed by atoms with Crippen LogP contribution in [0.2, 0.25) is 0 Å². The first-order valence-electron chi connectivity index (χ1n) is 12.3. The molecule has 9 nitrogen and oxygen atoms in total. The van der Waals surface area contributed by atoms with Crippen molar-refractivity contribution in [3.8, 4) is 11.1 Å². The first-order valence-corrected chi connectivity index (χ1v) is 12.3. The van der Waals surface area contributed by atoms with E-state index in [1.54, 1.807) is 6.33 Å². The van der Waals surface area contributed by atoms with Crippen molar-refractivity contribution in [3.05, 3.63) is 84.3 Å². The van der Waals surface area contributed by atoms with Gasteiger partial charge in [0.1, 0.15) is 11.8 Å². The van der Waals surface area contributed by atoms with Gasteiger partial charge in [-0.3, -0.25) is 4.68 Å². The number of fused-ring (bicyclic) bond motifs is 1. The normalized spacial score (nSPS) is 16.1. The molecule has 0 amide bonds. The SMILES string of the molecule is Cc1c(-c2cc3c(N4CCN(c5ncc(Cc6ccccc6)cn5)[C@H](C)C4)ncnn3c2)cnn1C. The van der Waals surface area contributed by atoms with E-state index < -0.39 is 0 Å². The van der Waals surface area contributed by atoms with Crippen molar-refractivity contribution in [1.29, 1.82) is 0 Å². The fraction of sp³-hybridized carbons (Fsp3) is 0.296. The summed E-state index contributed by atoms with van der Waals surface area (Å²) in [7, 11) is 1.96. The van der Waals surface area contributed by atoms with E-state index in [0.717, 1.165) is 65.7 Å². The molecule has 9 heteroatoms. The number of aromatic nitrogens is 7. The lowest BCUT2D eigenvalue weighted by Gasteiger charge is -2.40. The van der Waals surface area contributed by atoms with Gasteiger partial charge in [0.05, 0.1) is 6.20 Å². The minimum absolute atomic E-state index is 0.240. The Kier molecular flexibility index (Phi) is 5.59. The van der Waals surface area contributed by atoms with Crippen LogP contribution < -0.4 is 9.80 Å². The lowest BCUT2D eigenvalue weighted by molar-refractivity contribution is 0.537. The molecule has 0 unspecified atom stereocenters. The van der Waals surface area contributed by atoms with Gasteiger partial charge in [0, 0.05) is 74.6 Å². The van der Waals surface area contributed by atoms with Gasteiger partial charge in [0.15, 0.2) is 5.82 Å². The van der Waals surface area contributed by atoms with Crippen molar-refractivity contribution in [2.45, 2.75) is 26.3 Å². The molecule has 1 aliphatic rings. The summed E-state index contributed by atoms with van der Waals surface area (Å²) in [6.45, 7) is 6.78. The van der Waals surface area contributed by atoms with Gasteiger partial charge in [-0.25, -0.2) is 19.5 Å². The Bertz CT molecular complexity index is 1490. The van der Waals surface area contributed by atoms with E-state index in [4.69, 9.17) is 9.97 Å². The molecule has 182 valence electrons. The van der Waals surface area contributed by atoms with Crippen molar-refractivity contribution < 1.29 is 0 Å². The number of hydrogen-bond acceptors (Lipinski definition) is 7. The van der Waals surface area contributed by atoms with Gasteiger partial charge < -0.3 is 9.80 Å². The van der Waals surface area contributed by atoms with Gasteiger partial charge in [0.25, 0.3) is 0 Å². The second-order valence-corrected chi connectivity index (χ2v) is 9.45. The van der Waals surface area contributed by atoms with Gasteiger partial charge in [0.2, 0.25) is 5.95 Å². The topological polar surface area (TPSA) is 80.3 Å². The second kappa shape index (κ2) is 9.07. The maximum Gasteiger partial charge on any atom is 0.225 e. The molecule has 0 radical (unpaired) electrons. The average molecular weight is 480 g/mol. The van der Waals surface area contributed by atoms with E-state index in [1.807, 2.05) is 40.9 Å². The predicted molar refractivity (Wildman–Crippen MR) is 140 cm³/mol. The molecule has 0 saturated carbocycles. The van der Waals surface area contributed by atoms with E-state index in [1.165, 1.54) is 5.56 Å². The average Bonchev–Trinajstić information content (AvgIpc) is 3.48. The highest BCUT2D eigenvalue weighted by atomic mass is 15.4. The predicted octanol–water partition coefficient (Wildman–Crippen LogP) is 3.53. The largest absolute Gasteiger partial charge is 0.351 e. The molecule has 4 aromatic heterocycles. The third-order valence-corrected chi connectivity index (χ3v) is 7.06. The van der Waals surface area contributed by atoms with E-state index in [0.29, 0.717) is 0 Å². The zero-order valence-corrected chi connectivity index (χ0v) is 20.8. The van der Waals surface area contributed by atoms with Crippen LogP contribution in [0.3, 0.4) is 0 Å². The van der Waals surface area contributed by atoms with Crippen LogP contribution in [0.1, 0.15) is 23.7 Å². The fourth-order valence-electron chi connectivity index (χ4n) is 4.96. The van der Waals surface area contributed by atoms with E-state index >= 15 is 0 Å². The third-order valence-electron chi connectivity index (χ3n) is 7.06. The molecule has 5 aromatic rings. The molecule has 1 atom stereocenters. The van der Waals surface area contributed by atoms with Crippen molar-refractivity contribution in [3.63, 3.8) is 0 Å². The molecule has 1 aliphatic heterocycles. The number of benzene rings is 1. The van der Waals surface area contributed by atoms with E-state index in [2.05, 4.69) is 75.4 Å². The molecule has 1 saturated heterocycles. The monoisotopic (exact) mass is 479 g/mol. The summed E-state index contributed by atoms with van der Waals surface area (Å²) >= 11 is 0. The van der Waals surface area contributed by atoms with Crippen molar-refractivity contribution in [2.24, 2.45) is 7.05 Å². The maximum absolute atomic E-state index is 4.70. The van der Waals surface area contributed by atoms with Crippen LogP contribution in [0.5, 0.6) is 0 Å². The molecule has 5 heterocycles. The lowest BCUT2D eigenvalue weighted by atomic mass is 10.1. The molecule has 6 rings (SSSR count). The van der Waals surface area contributed by atoms with Crippen molar-refractivity contribution in [2.75, 3.05) is 29.4 Å². The maximum atomic E-state index is 4.70. The molecule has 0 aliphatic carbocycles. The Hall–Kier alpha value is -4.27. The Balaban J connectivity index is 1.19. The Morgan fingerprint density at radius 1 is 0.944 bits per heavy atom. The van der Waals surface area contributed by atoms with Gasteiger partial charge in [-0.05, 0) is 31.0 Å². The van der Waals surface area contributed by atoms with Crippen LogP contribution in [0.4, 0.5) is 11.8 Å². The van der Waals surface area contributed by atoms with Crippen LogP contribution in [0, 0.1) is 6.92 Å². The zero-order valence-electron chi connectivity index (χ0n) is 20.8. The highest BCUT2D eigenvalue weighted by molar-refractivity contribution is 5.78. The van der Waals surface area contributed by atoms with E-state index in [9.17, 15) is 0 Å². The molecular formula is C27H29N9. The Morgan fingerprint density at radius 3 is 2.47 bits per heavy atom. The van der Waals surface area contributed by atoms with Crippen LogP contribution in [0.25, 0.3) is 16.6 Å². The molecule has 1 fully saturated rings. The quantitative estimate of drug-likeness (QED) is 0.381. The molecule has 1 aromatic carbocycles. The number of anilines is 2. The van der Waals surface area contributed by atoms with Gasteiger partial charge in [-0.1, -0.05) is 30.3 Å². The molecule has 0 spiro atoms. The van der Waals surface area contributed by atoms with Gasteiger partial charge in [-0.15, -0.1) is 0 Å². The van der Waals surface area contributed by atoms with Crippen LogP contribution in [0.15, 0.2) is 67.5 Å². The summed E-state index contributed by atoms with van der Waals surface area (Å²) in [4.78, 5) is 18.7. The molecule has 0 bridgehead atoms. The first kappa shape index (κ1) is 22.2. The number of piperazine rings is 1. The summed E-state index contributed by atoms with van der Waals surface area (Å²) in [6.07, 6.45) is 10.3. The van der Waals surface area contributed by atoms with Crippen LogP contribution >= 0.6 is 0 Å². The van der Waals surface area contributed by atoms with Crippen molar-refractivity contribution >= 4 is 17.3 Å². The van der Waals surface area contributed by atoms with E-state index in [-0.39, 0.29) is 6.04 Å². The lowest BCUT2D eigenvalue weighted by Crippen LogP contribution is -2.53. The number of hydrogen-bond donors (Lipinski definition) is 0. The first-order chi connectivity index (χ1) is 17.6. The van der Waals surface area contributed by atoms with Gasteiger partial charge in [-0.2, -0.15) is 10.2 Å². The number of nitrogens with zero attached hydrogens (tertiary/aromatic N) is 9. The third kappa shape index (κ3) is 4.06. The summed E-state index contributed by atoms with van der Waals surface area (Å²) in [5, 5.41) is 8.85. The summed E-state index contributed by atoms with van der Waals surface area (Å²) in [5.41, 5.74) is 6.71. The standard InChI is InChI=1S/C27H29N9/c1-19-16-34(9-10-35(19)27-28-13-22(14-29-27)11-21-7-5-4-6-8-21)26-25-12-23(17-36(25)32-18-30-26)24-15-31-33(3)20(24)2/h4-8,12-15,17-19H,9-11,16H2,1-3H3/t19-/m1/s1. The van der Waals surface area contributed by atoms with Gasteiger partial charge >= 0.3 is 0 Å². The highest BCUT2D eigenvalue weighted by Crippen LogP contribution is 2.30. The Morgan fingerprint density at radius 2 is 1.75 bits per heavy atom. The zero-order chi connectivity index (χ0) is 24.6. The minimum atomic E-state index is 0.240. The number of rotatable bonds is 5. The Labute approximate surface area is 210 Å². The molecule has 36 heavy (non-hydrogen) atoms. The highest BCUT2D eigenvalue weighted by Gasteiger charge is 2.28. The molecule has 0 N–H and O–H groups in total.